The normalized spacial score (nSPS) is 14.0. The predicted molar refractivity (Wildman–Crippen MR) is 108 cm³/mol. The molecule has 3 aromatic rings. The Hall–Kier alpha value is -2.87. The van der Waals surface area contributed by atoms with E-state index in [9.17, 15) is 9.59 Å². The summed E-state index contributed by atoms with van der Waals surface area (Å²) in [5.74, 6) is 0.389. The lowest BCUT2D eigenvalue weighted by molar-refractivity contribution is -0.116. The van der Waals surface area contributed by atoms with Gasteiger partial charge in [-0.25, -0.2) is 0 Å². The Kier molecular flexibility index (Phi) is 4.80. The third kappa shape index (κ3) is 3.35. The summed E-state index contributed by atoms with van der Waals surface area (Å²) in [6.45, 7) is 3.96. The molecule has 0 N–H and O–H groups in total. The van der Waals surface area contributed by atoms with Crippen molar-refractivity contribution in [3.8, 4) is 11.4 Å². The maximum atomic E-state index is 12.9. The lowest BCUT2D eigenvalue weighted by Gasteiger charge is -2.15. The summed E-state index contributed by atoms with van der Waals surface area (Å²) in [5, 5.41) is 12.5. The number of benzene rings is 2. The van der Waals surface area contributed by atoms with Crippen molar-refractivity contribution in [2.45, 2.75) is 26.3 Å². The highest BCUT2D eigenvalue weighted by atomic mass is 79.9. The van der Waals surface area contributed by atoms with Gasteiger partial charge in [0.1, 0.15) is 6.04 Å². The molecular weight excluding hydrogens is 422 g/mol. The van der Waals surface area contributed by atoms with E-state index in [4.69, 9.17) is 0 Å². The number of fused-ring (bicyclic) bond motifs is 1. The van der Waals surface area contributed by atoms with Crippen LogP contribution in [-0.2, 0) is 11.2 Å². The molecule has 4 rings (SSSR count). The van der Waals surface area contributed by atoms with Crippen LogP contribution in [0.25, 0.3) is 11.4 Å². The van der Waals surface area contributed by atoms with Crippen LogP contribution >= 0.6 is 15.9 Å². The Bertz CT molecular complexity index is 1060. The summed E-state index contributed by atoms with van der Waals surface area (Å²) in [6.07, 6.45) is 0.750. The van der Waals surface area contributed by atoms with Crippen LogP contribution in [0.15, 0.2) is 46.9 Å². The number of rotatable bonds is 4. The quantitative estimate of drug-likeness (QED) is 0.581. The van der Waals surface area contributed by atoms with Gasteiger partial charge >= 0.3 is 0 Å². The number of aromatic nitrogens is 4. The Morgan fingerprint density at radius 2 is 1.89 bits per heavy atom. The average molecular weight is 440 g/mol. The van der Waals surface area contributed by atoms with E-state index < -0.39 is 6.04 Å². The van der Waals surface area contributed by atoms with E-state index in [2.05, 4.69) is 31.3 Å². The number of carbonyl (C=O) groups excluding carboxylic acids is 2. The Balaban J connectivity index is 1.56. The number of amides is 1. The fraction of sp³-hybridized carbons (Fsp3) is 0.250. The zero-order valence-corrected chi connectivity index (χ0v) is 17.0. The smallest absolute Gasteiger partial charge is 0.223 e. The molecule has 142 valence electrons. The molecule has 8 heteroatoms. The minimum absolute atomic E-state index is 0.0125. The van der Waals surface area contributed by atoms with Crippen molar-refractivity contribution in [1.82, 2.24) is 20.2 Å². The molecule has 0 fully saturated rings. The number of hydrogen-bond donors (Lipinski definition) is 0. The summed E-state index contributed by atoms with van der Waals surface area (Å²) in [6, 6.07) is 12.5. The molecule has 0 saturated heterocycles. The van der Waals surface area contributed by atoms with Crippen molar-refractivity contribution in [1.29, 1.82) is 0 Å². The predicted octanol–water partition coefficient (Wildman–Crippen LogP) is 3.46. The fourth-order valence-corrected chi connectivity index (χ4v) is 3.60. The molecule has 1 aliphatic rings. The van der Waals surface area contributed by atoms with Crippen LogP contribution in [0.3, 0.4) is 0 Å². The lowest BCUT2D eigenvalue weighted by atomic mass is 10.0. The highest BCUT2D eigenvalue weighted by Gasteiger charge is 2.25. The molecule has 0 saturated carbocycles. The van der Waals surface area contributed by atoms with E-state index in [1.807, 2.05) is 36.4 Å². The molecular formula is C20H18BrN5O2. The lowest BCUT2D eigenvalue weighted by Crippen LogP contribution is -2.25. The van der Waals surface area contributed by atoms with Gasteiger partial charge in [-0.2, -0.15) is 4.80 Å². The van der Waals surface area contributed by atoms with E-state index in [0.29, 0.717) is 17.9 Å². The Morgan fingerprint density at radius 3 is 2.61 bits per heavy atom. The van der Waals surface area contributed by atoms with Gasteiger partial charge < -0.3 is 4.90 Å². The first-order valence-electron chi connectivity index (χ1n) is 8.95. The molecule has 1 amide bonds. The zero-order valence-electron chi connectivity index (χ0n) is 15.5. The second-order valence-electron chi connectivity index (χ2n) is 6.74. The SMILES string of the molecule is CC(=O)N1CCc2cc(C(=O)C(C)n3nnc(-c4ccc(Br)cc4)n3)ccc21. The molecule has 0 bridgehead atoms. The highest BCUT2D eigenvalue weighted by molar-refractivity contribution is 9.10. The minimum Gasteiger partial charge on any atom is -0.312 e. The van der Waals surface area contributed by atoms with Crippen LogP contribution in [0, 0.1) is 0 Å². The number of Topliss-reactive ketones (excluding diaryl/α,β-unsaturated/α-hetero) is 1. The third-order valence-corrected chi connectivity index (χ3v) is 5.42. The van der Waals surface area contributed by atoms with Crippen molar-refractivity contribution in [3.63, 3.8) is 0 Å². The van der Waals surface area contributed by atoms with Gasteiger partial charge in [-0.3, -0.25) is 9.59 Å². The van der Waals surface area contributed by atoms with Crippen LogP contribution in [0.4, 0.5) is 5.69 Å². The molecule has 2 aromatic carbocycles. The second-order valence-corrected chi connectivity index (χ2v) is 7.66. The van der Waals surface area contributed by atoms with Gasteiger partial charge in [0.15, 0.2) is 5.78 Å². The first kappa shape index (κ1) is 18.5. The third-order valence-electron chi connectivity index (χ3n) is 4.90. The van der Waals surface area contributed by atoms with E-state index in [0.717, 1.165) is 27.7 Å². The molecule has 1 aliphatic heterocycles. The van der Waals surface area contributed by atoms with E-state index in [-0.39, 0.29) is 11.7 Å². The Morgan fingerprint density at radius 1 is 1.14 bits per heavy atom. The van der Waals surface area contributed by atoms with Crippen molar-refractivity contribution >= 4 is 33.3 Å². The van der Waals surface area contributed by atoms with Gasteiger partial charge in [0, 0.05) is 34.8 Å². The van der Waals surface area contributed by atoms with Crippen molar-refractivity contribution in [2.75, 3.05) is 11.4 Å². The molecule has 2 heterocycles. The number of hydrogen-bond acceptors (Lipinski definition) is 5. The maximum absolute atomic E-state index is 12.9. The van der Waals surface area contributed by atoms with Gasteiger partial charge in [-0.1, -0.05) is 15.9 Å². The van der Waals surface area contributed by atoms with Crippen LogP contribution in [-0.4, -0.2) is 38.4 Å². The van der Waals surface area contributed by atoms with E-state index in [1.54, 1.807) is 24.8 Å². The molecule has 0 aliphatic carbocycles. The average Bonchev–Trinajstić information content (AvgIpc) is 3.34. The molecule has 1 unspecified atom stereocenters. The number of halogens is 1. The van der Waals surface area contributed by atoms with Gasteiger partial charge in [0.2, 0.25) is 11.7 Å². The minimum atomic E-state index is -0.583. The summed E-state index contributed by atoms with van der Waals surface area (Å²) in [4.78, 5) is 27.7. The zero-order chi connectivity index (χ0) is 19.8. The summed E-state index contributed by atoms with van der Waals surface area (Å²) in [7, 11) is 0. The molecule has 0 spiro atoms. The second kappa shape index (κ2) is 7.27. The number of ketones is 1. The first-order valence-corrected chi connectivity index (χ1v) is 9.74. The molecule has 7 nitrogen and oxygen atoms in total. The van der Waals surface area contributed by atoms with Gasteiger partial charge in [-0.05, 0) is 66.6 Å². The number of tetrazole rings is 1. The topological polar surface area (TPSA) is 81.0 Å². The molecule has 1 aromatic heterocycles. The van der Waals surface area contributed by atoms with Gasteiger partial charge in [-0.15, -0.1) is 10.2 Å². The maximum Gasteiger partial charge on any atom is 0.223 e. The summed E-state index contributed by atoms with van der Waals surface area (Å²) >= 11 is 3.40. The molecule has 1 atom stereocenters. The largest absolute Gasteiger partial charge is 0.312 e. The first-order chi connectivity index (χ1) is 13.4. The number of anilines is 1. The standard InChI is InChI=1S/C20H18BrN5O2/c1-12(26-23-20(22-24-26)14-3-6-17(21)7-4-14)19(28)16-5-8-18-15(11-16)9-10-25(18)13(2)27/h3-8,11-12H,9-10H2,1-2H3. The van der Waals surface area contributed by atoms with Crippen LogP contribution < -0.4 is 4.90 Å². The molecule has 28 heavy (non-hydrogen) atoms. The summed E-state index contributed by atoms with van der Waals surface area (Å²) in [5.41, 5.74) is 3.30. The Labute approximate surface area is 170 Å². The van der Waals surface area contributed by atoms with E-state index >= 15 is 0 Å². The fourth-order valence-electron chi connectivity index (χ4n) is 3.33. The van der Waals surface area contributed by atoms with Crippen LogP contribution in [0.2, 0.25) is 0 Å². The highest BCUT2D eigenvalue weighted by Crippen LogP contribution is 2.30. The van der Waals surface area contributed by atoms with Crippen molar-refractivity contribution < 1.29 is 9.59 Å². The molecule has 0 radical (unpaired) electrons. The van der Waals surface area contributed by atoms with Crippen molar-refractivity contribution in [2.24, 2.45) is 0 Å². The van der Waals surface area contributed by atoms with Crippen molar-refractivity contribution in [3.05, 3.63) is 58.1 Å². The van der Waals surface area contributed by atoms with Gasteiger partial charge in [0.25, 0.3) is 0 Å². The van der Waals surface area contributed by atoms with E-state index in [1.165, 1.54) is 4.80 Å². The summed E-state index contributed by atoms with van der Waals surface area (Å²) < 4.78 is 0.965. The van der Waals surface area contributed by atoms with Crippen LogP contribution in [0.5, 0.6) is 0 Å². The number of nitrogens with zero attached hydrogens (tertiary/aromatic N) is 5. The monoisotopic (exact) mass is 439 g/mol. The number of carbonyl (C=O) groups is 2. The van der Waals surface area contributed by atoms with Crippen LogP contribution in [0.1, 0.15) is 35.8 Å². The van der Waals surface area contributed by atoms with Gasteiger partial charge in [0.05, 0.1) is 0 Å².